The van der Waals surface area contributed by atoms with Gasteiger partial charge in [0.25, 0.3) is 0 Å². The molecule has 20 heavy (non-hydrogen) atoms. The van der Waals surface area contributed by atoms with Crippen molar-refractivity contribution in [2.24, 2.45) is 0 Å². The molecule has 0 amide bonds. The van der Waals surface area contributed by atoms with Gasteiger partial charge in [0.05, 0.1) is 0 Å². The van der Waals surface area contributed by atoms with E-state index in [1.807, 2.05) is 37.6 Å². The number of hydrogen-bond acceptors (Lipinski definition) is 5. The van der Waals surface area contributed by atoms with Crippen molar-refractivity contribution in [1.29, 1.82) is 0 Å². The predicted octanol–water partition coefficient (Wildman–Crippen LogP) is 2.44. The van der Waals surface area contributed by atoms with Crippen molar-refractivity contribution in [1.82, 2.24) is 10.0 Å². The van der Waals surface area contributed by atoms with E-state index in [-0.39, 0.29) is 6.04 Å². The molecule has 0 aliphatic rings. The lowest BCUT2D eigenvalue weighted by molar-refractivity contribution is 0.563. The molecule has 1 atom stereocenters. The number of sulfonamides is 1. The molecule has 7 heteroatoms. The number of thiophene rings is 2. The van der Waals surface area contributed by atoms with Crippen molar-refractivity contribution in [3.05, 3.63) is 39.4 Å². The maximum atomic E-state index is 12.3. The Morgan fingerprint density at radius 3 is 2.70 bits per heavy atom. The minimum atomic E-state index is -3.41. The van der Waals surface area contributed by atoms with Crippen LogP contribution in [0.1, 0.15) is 16.7 Å². The second-order valence-corrected chi connectivity index (χ2v) is 8.70. The van der Waals surface area contributed by atoms with Crippen LogP contribution < -0.4 is 10.0 Å². The Labute approximate surface area is 127 Å². The summed E-state index contributed by atoms with van der Waals surface area (Å²) < 4.78 is 27.7. The Morgan fingerprint density at radius 2 is 2.05 bits per heavy atom. The highest BCUT2D eigenvalue weighted by Crippen LogP contribution is 2.22. The van der Waals surface area contributed by atoms with Gasteiger partial charge in [0, 0.05) is 22.3 Å². The first-order valence-corrected chi connectivity index (χ1v) is 9.47. The molecule has 4 nitrogen and oxygen atoms in total. The Bertz CT molecular complexity index is 632. The van der Waals surface area contributed by atoms with Gasteiger partial charge in [0.2, 0.25) is 10.0 Å². The highest BCUT2D eigenvalue weighted by molar-refractivity contribution is 7.91. The van der Waals surface area contributed by atoms with E-state index >= 15 is 0 Å². The Hall–Kier alpha value is -0.730. The lowest BCUT2D eigenvalue weighted by atomic mass is 10.2. The Balaban J connectivity index is 2.02. The van der Waals surface area contributed by atoms with E-state index in [2.05, 4.69) is 10.0 Å². The van der Waals surface area contributed by atoms with E-state index in [0.717, 1.165) is 4.88 Å². The fourth-order valence-electron chi connectivity index (χ4n) is 1.87. The van der Waals surface area contributed by atoms with Crippen molar-refractivity contribution >= 4 is 32.7 Å². The molecule has 110 valence electrons. The van der Waals surface area contributed by atoms with E-state index in [1.165, 1.54) is 16.2 Å². The zero-order valence-corrected chi connectivity index (χ0v) is 13.9. The summed E-state index contributed by atoms with van der Waals surface area (Å²) in [6, 6.07) is 7.39. The molecule has 0 aliphatic carbocycles. The van der Waals surface area contributed by atoms with Crippen LogP contribution in [-0.2, 0) is 23.0 Å². The standard InChI is InChI=1S/C13H18N2O2S3/c1-10(8-11-4-3-7-18-11)15-20(16,17)13-6-5-12(19-13)9-14-2/h3-7,10,14-15H,8-9H2,1-2H3. The van der Waals surface area contributed by atoms with E-state index in [9.17, 15) is 8.42 Å². The van der Waals surface area contributed by atoms with Crippen molar-refractivity contribution in [2.45, 2.75) is 30.1 Å². The van der Waals surface area contributed by atoms with E-state index in [0.29, 0.717) is 17.2 Å². The molecule has 2 rings (SSSR count). The molecule has 2 aromatic rings. The van der Waals surface area contributed by atoms with Gasteiger partial charge in [-0.15, -0.1) is 22.7 Å². The van der Waals surface area contributed by atoms with Gasteiger partial charge in [0.1, 0.15) is 4.21 Å². The molecule has 1 unspecified atom stereocenters. The maximum absolute atomic E-state index is 12.3. The molecule has 0 saturated carbocycles. The zero-order chi connectivity index (χ0) is 14.6. The minimum Gasteiger partial charge on any atom is -0.315 e. The summed E-state index contributed by atoms with van der Waals surface area (Å²) in [5.74, 6) is 0. The SMILES string of the molecule is CNCc1ccc(S(=O)(=O)NC(C)Cc2cccs2)s1. The largest absolute Gasteiger partial charge is 0.315 e. The van der Waals surface area contributed by atoms with Crippen molar-refractivity contribution < 1.29 is 8.42 Å². The van der Waals surface area contributed by atoms with Gasteiger partial charge in [-0.25, -0.2) is 13.1 Å². The summed E-state index contributed by atoms with van der Waals surface area (Å²) in [6.45, 7) is 2.57. The van der Waals surface area contributed by atoms with Crippen LogP contribution >= 0.6 is 22.7 Å². The van der Waals surface area contributed by atoms with Crippen molar-refractivity contribution in [3.8, 4) is 0 Å². The topological polar surface area (TPSA) is 58.2 Å². The molecule has 0 saturated heterocycles. The minimum absolute atomic E-state index is 0.117. The van der Waals surface area contributed by atoms with Crippen LogP contribution in [-0.4, -0.2) is 21.5 Å². The number of rotatable bonds is 7. The van der Waals surface area contributed by atoms with Crippen LogP contribution in [0.25, 0.3) is 0 Å². The molecule has 0 bridgehead atoms. The first-order valence-electron chi connectivity index (χ1n) is 6.29. The molecule has 0 aromatic carbocycles. The fraction of sp³-hybridized carbons (Fsp3) is 0.385. The average Bonchev–Trinajstić information content (AvgIpc) is 3.00. The van der Waals surface area contributed by atoms with Crippen LogP contribution in [0.2, 0.25) is 0 Å². The maximum Gasteiger partial charge on any atom is 0.250 e. The first-order chi connectivity index (χ1) is 9.51. The fourth-order valence-corrected chi connectivity index (χ4v) is 5.33. The third-order valence-corrected chi connectivity index (χ3v) is 6.76. The number of nitrogens with one attached hydrogen (secondary N) is 2. The molecule has 0 radical (unpaired) electrons. The van der Waals surface area contributed by atoms with Crippen molar-refractivity contribution in [2.75, 3.05) is 7.05 Å². The molecule has 2 heterocycles. The normalized spacial score (nSPS) is 13.5. The third-order valence-electron chi connectivity index (χ3n) is 2.70. The van der Waals surface area contributed by atoms with Crippen LogP contribution in [0.3, 0.4) is 0 Å². The molecule has 0 fully saturated rings. The smallest absolute Gasteiger partial charge is 0.250 e. The van der Waals surface area contributed by atoms with Crippen LogP contribution in [0.4, 0.5) is 0 Å². The molecule has 0 spiro atoms. The Kier molecular flexibility index (Phi) is 5.34. The molecule has 2 aromatic heterocycles. The van der Waals surface area contributed by atoms with E-state index < -0.39 is 10.0 Å². The summed E-state index contributed by atoms with van der Waals surface area (Å²) >= 11 is 2.95. The molecular weight excluding hydrogens is 312 g/mol. The Morgan fingerprint density at radius 1 is 1.25 bits per heavy atom. The third kappa shape index (κ3) is 4.13. The van der Waals surface area contributed by atoms with Gasteiger partial charge in [-0.05, 0) is 44.0 Å². The summed E-state index contributed by atoms with van der Waals surface area (Å²) in [6.07, 6.45) is 0.714. The predicted molar refractivity (Wildman–Crippen MR) is 84.9 cm³/mol. The summed E-state index contributed by atoms with van der Waals surface area (Å²) in [5.41, 5.74) is 0. The van der Waals surface area contributed by atoms with E-state index in [4.69, 9.17) is 0 Å². The lowest BCUT2D eigenvalue weighted by Gasteiger charge is -2.12. The van der Waals surface area contributed by atoms with Gasteiger partial charge in [-0.2, -0.15) is 0 Å². The van der Waals surface area contributed by atoms with Crippen molar-refractivity contribution in [3.63, 3.8) is 0 Å². The first kappa shape index (κ1) is 15.7. The monoisotopic (exact) mass is 330 g/mol. The quantitative estimate of drug-likeness (QED) is 0.820. The highest BCUT2D eigenvalue weighted by atomic mass is 32.2. The van der Waals surface area contributed by atoms with Crippen LogP contribution in [0, 0.1) is 0 Å². The highest BCUT2D eigenvalue weighted by Gasteiger charge is 2.19. The summed E-state index contributed by atoms with van der Waals surface area (Å²) in [7, 11) is -1.57. The zero-order valence-electron chi connectivity index (χ0n) is 11.4. The molecule has 0 aliphatic heterocycles. The van der Waals surface area contributed by atoms with Gasteiger partial charge >= 0.3 is 0 Å². The van der Waals surface area contributed by atoms with Gasteiger partial charge in [-0.1, -0.05) is 6.07 Å². The van der Waals surface area contributed by atoms with Gasteiger partial charge in [-0.3, -0.25) is 0 Å². The lowest BCUT2D eigenvalue weighted by Crippen LogP contribution is -2.33. The summed E-state index contributed by atoms with van der Waals surface area (Å²) in [4.78, 5) is 2.20. The molecular formula is C13H18N2O2S3. The van der Waals surface area contributed by atoms with Crippen LogP contribution in [0.15, 0.2) is 33.9 Å². The summed E-state index contributed by atoms with van der Waals surface area (Å²) in [5, 5.41) is 5.02. The number of hydrogen-bond donors (Lipinski definition) is 2. The average molecular weight is 330 g/mol. The van der Waals surface area contributed by atoms with Gasteiger partial charge < -0.3 is 5.32 Å². The molecule has 2 N–H and O–H groups in total. The van der Waals surface area contributed by atoms with Crippen LogP contribution in [0.5, 0.6) is 0 Å². The van der Waals surface area contributed by atoms with Gasteiger partial charge in [0.15, 0.2) is 0 Å². The van der Waals surface area contributed by atoms with E-state index in [1.54, 1.807) is 17.4 Å². The second-order valence-electron chi connectivity index (χ2n) is 4.56. The second kappa shape index (κ2) is 6.82.